The lowest BCUT2D eigenvalue weighted by atomic mass is 10.1. The minimum Gasteiger partial charge on any atom is -0.325 e. The van der Waals surface area contributed by atoms with Crippen molar-refractivity contribution in [2.24, 2.45) is 0 Å². The monoisotopic (exact) mass is 501 g/mol. The van der Waals surface area contributed by atoms with E-state index in [1.54, 1.807) is 50.2 Å². The average Bonchev–Trinajstić information content (AvgIpc) is 2.74. The number of carbonyl (C=O) groups excluding carboxylic acids is 1. The van der Waals surface area contributed by atoms with E-state index in [1.165, 1.54) is 24.3 Å². The number of halogens is 1. The molecule has 1 N–H and O–H groups in total. The second-order valence-electron chi connectivity index (χ2n) is 7.98. The fraction of sp³-hybridized carbons (Fsp3) is 0.208. The van der Waals surface area contributed by atoms with Crippen LogP contribution >= 0.6 is 11.6 Å². The molecule has 0 fully saturated rings. The first-order chi connectivity index (χ1) is 16.0. The predicted molar refractivity (Wildman–Crippen MR) is 131 cm³/mol. The number of aryl methyl sites for hydroxylation is 3. The van der Waals surface area contributed by atoms with Gasteiger partial charge >= 0.3 is 0 Å². The third-order valence-corrected chi connectivity index (χ3v) is 7.49. The lowest BCUT2D eigenvalue weighted by molar-refractivity contribution is -0.384. The number of nitrogens with one attached hydrogen (secondary N) is 1. The molecule has 0 heterocycles. The molecule has 0 unspecified atom stereocenters. The molecule has 0 aliphatic rings. The molecule has 178 valence electrons. The number of nitro groups is 1. The third-order valence-electron chi connectivity index (χ3n) is 5.14. The SMILES string of the molecule is Cc1cc(C)c(S(=O)(=O)N(CC(=O)Nc2cccc([N+](=O)[O-])c2)Cc2ccc(Cl)cc2)c(C)c1. The number of non-ortho nitro benzene ring substituents is 1. The maximum Gasteiger partial charge on any atom is 0.271 e. The second-order valence-corrected chi connectivity index (χ2v) is 10.3. The summed E-state index contributed by atoms with van der Waals surface area (Å²) in [4.78, 5) is 23.4. The first-order valence-electron chi connectivity index (χ1n) is 10.3. The van der Waals surface area contributed by atoms with Gasteiger partial charge < -0.3 is 5.32 Å². The van der Waals surface area contributed by atoms with Gasteiger partial charge in [-0.05, 0) is 55.7 Å². The Kier molecular flexibility index (Phi) is 7.71. The standard InChI is InChI=1S/C24H24ClN3O5S/c1-16-11-17(2)24(18(3)12-16)34(32,33)27(14-19-7-9-20(25)10-8-19)15-23(29)26-21-5-4-6-22(13-21)28(30)31/h4-13H,14-15H2,1-3H3,(H,26,29). The molecule has 3 rings (SSSR count). The molecule has 3 aromatic rings. The molecule has 0 saturated heterocycles. The summed E-state index contributed by atoms with van der Waals surface area (Å²) in [6.45, 7) is 4.77. The highest BCUT2D eigenvalue weighted by molar-refractivity contribution is 7.89. The van der Waals surface area contributed by atoms with Crippen LogP contribution in [0.1, 0.15) is 22.3 Å². The molecule has 10 heteroatoms. The Labute approximate surface area is 203 Å². The fourth-order valence-corrected chi connectivity index (χ4v) is 5.70. The van der Waals surface area contributed by atoms with E-state index >= 15 is 0 Å². The minimum absolute atomic E-state index is 0.0609. The molecule has 0 aromatic heterocycles. The highest BCUT2D eigenvalue weighted by Crippen LogP contribution is 2.27. The summed E-state index contributed by atoms with van der Waals surface area (Å²) in [5.41, 5.74) is 2.76. The summed E-state index contributed by atoms with van der Waals surface area (Å²) in [6, 6.07) is 15.7. The highest BCUT2D eigenvalue weighted by Gasteiger charge is 2.30. The largest absolute Gasteiger partial charge is 0.325 e. The Balaban J connectivity index is 1.95. The molecule has 0 aliphatic carbocycles. The van der Waals surface area contributed by atoms with Gasteiger partial charge in [-0.25, -0.2) is 8.42 Å². The zero-order valence-corrected chi connectivity index (χ0v) is 20.5. The van der Waals surface area contributed by atoms with E-state index < -0.39 is 27.4 Å². The van der Waals surface area contributed by atoms with Crippen LogP contribution in [0.5, 0.6) is 0 Å². The van der Waals surface area contributed by atoms with E-state index in [4.69, 9.17) is 11.6 Å². The van der Waals surface area contributed by atoms with Crippen LogP contribution in [0.4, 0.5) is 11.4 Å². The van der Waals surface area contributed by atoms with Crippen LogP contribution in [-0.4, -0.2) is 30.1 Å². The van der Waals surface area contributed by atoms with Gasteiger partial charge in [-0.15, -0.1) is 0 Å². The molecule has 0 atom stereocenters. The number of nitro benzene ring substituents is 1. The number of carbonyl (C=O) groups is 1. The van der Waals surface area contributed by atoms with Gasteiger partial charge in [0.15, 0.2) is 0 Å². The van der Waals surface area contributed by atoms with E-state index in [0.717, 1.165) is 9.87 Å². The van der Waals surface area contributed by atoms with E-state index in [9.17, 15) is 23.3 Å². The first-order valence-corrected chi connectivity index (χ1v) is 12.2. The summed E-state index contributed by atoms with van der Waals surface area (Å²) in [5, 5.41) is 14.1. The summed E-state index contributed by atoms with van der Waals surface area (Å²) < 4.78 is 28.5. The van der Waals surface area contributed by atoms with Crippen molar-refractivity contribution in [1.82, 2.24) is 4.31 Å². The van der Waals surface area contributed by atoms with Crippen LogP contribution in [0.25, 0.3) is 0 Å². The molecule has 0 spiro atoms. The lowest BCUT2D eigenvalue weighted by Crippen LogP contribution is -2.38. The van der Waals surface area contributed by atoms with Crippen LogP contribution in [-0.2, 0) is 21.4 Å². The molecule has 3 aromatic carbocycles. The Morgan fingerprint density at radius 1 is 1.03 bits per heavy atom. The fourth-order valence-electron chi connectivity index (χ4n) is 3.78. The highest BCUT2D eigenvalue weighted by atomic mass is 35.5. The van der Waals surface area contributed by atoms with Gasteiger partial charge in [0.2, 0.25) is 15.9 Å². The topological polar surface area (TPSA) is 110 Å². The molecular weight excluding hydrogens is 478 g/mol. The number of hydrogen-bond donors (Lipinski definition) is 1. The van der Waals surface area contributed by atoms with Gasteiger partial charge in [0.05, 0.1) is 16.4 Å². The first kappa shape index (κ1) is 25.4. The Morgan fingerprint density at radius 2 is 1.65 bits per heavy atom. The van der Waals surface area contributed by atoms with Crippen LogP contribution < -0.4 is 5.32 Å². The number of sulfonamides is 1. The number of nitrogens with zero attached hydrogens (tertiary/aromatic N) is 2. The smallest absolute Gasteiger partial charge is 0.271 e. The number of hydrogen-bond acceptors (Lipinski definition) is 5. The van der Waals surface area contributed by atoms with Gasteiger partial charge in [0.1, 0.15) is 0 Å². The zero-order chi connectivity index (χ0) is 25.0. The van der Waals surface area contributed by atoms with Crippen LogP contribution in [0.2, 0.25) is 5.02 Å². The lowest BCUT2D eigenvalue weighted by Gasteiger charge is -2.24. The Morgan fingerprint density at radius 3 is 2.24 bits per heavy atom. The van der Waals surface area contributed by atoms with E-state index in [2.05, 4.69) is 5.32 Å². The molecule has 34 heavy (non-hydrogen) atoms. The van der Waals surface area contributed by atoms with Gasteiger partial charge in [-0.3, -0.25) is 14.9 Å². The van der Waals surface area contributed by atoms with E-state index in [0.29, 0.717) is 21.7 Å². The van der Waals surface area contributed by atoms with Crippen LogP contribution in [0.15, 0.2) is 65.6 Å². The van der Waals surface area contributed by atoms with Gasteiger partial charge in [-0.2, -0.15) is 4.31 Å². The van der Waals surface area contributed by atoms with Gasteiger partial charge in [0, 0.05) is 29.4 Å². The molecule has 0 bridgehead atoms. The van der Waals surface area contributed by atoms with Crippen molar-refractivity contribution in [3.05, 3.63) is 98.1 Å². The normalized spacial score (nSPS) is 11.4. The predicted octanol–water partition coefficient (Wildman–Crippen LogP) is 5.00. The maximum atomic E-state index is 13.7. The third kappa shape index (κ3) is 5.99. The van der Waals surface area contributed by atoms with Crippen molar-refractivity contribution in [3.63, 3.8) is 0 Å². The summed E-state index contributed by atoms with van der Waals surface area (Å²) >= 11 is 5.96. The van der Waals surface area contributed by atoms with Crippen molar-refractivity contribution in [2.75, 3.05) is 11.9 Å². The van der Waals surface area contributed by atoms with Gasteiger partial charge in [0.25, 0.3) is 5.69 Å². The quantitative estimate of drug-likeness (QED) is 0.345. The average molecular weight is 502 g/mol. The molecular formula is C24H24ClN3O5S. The summed E-state index contributed by atoms with van der Waals surface area (Å²) in [7, 11) is -4.07. The van der Waals surface area contributed by atoms with Crippen molar-refractivity contribution in [2.45, 2.75) is 32.2 Å². The van der Waals surface area contributed by atoms with Crippen molar-refractivity contribution in [3.8, 4) is 0 Å². The van der Waals surface area contributed by atoms with E-state index in [1.807, 2.05) is 6.92 Å². The van der Waals surface area contributed by atoms with Crippen molar-refractivity contribution < 1.29 is 18.1 Å². The number of benzene rings is 3. The maximum absolute atomic E-state index is 13.7. The summed E-state index contributed by atoms with van der Waals surface area (Å²) in [5.74, 6) is -0.625. The number of rotatable bonds is 8. The minimum atomic E-state index is -4.07. The van der Waals surface area contributed by atoms with Crippen molar-refractivity contribution in [1.29, 1.82) is 0 Å². The number of anilines is 1. The molecule has 0 radical (unpaired) electrons. The zero-order valence-electron chi connectivity index (χ0n) is 18.9. The molecule has 0 aliphatic heterocycles. The van der Waals surface area contributed by atoms with Crippen LogP contribution in [0, 0.1) is 30.9 Å². The molecule has 8 nitrogen and oxygen atoms in total. The second kappa shape index (κ2) is 10.3. The molecule has 0 saturated carbocycles. The van der Waals surface area contributed by atoms with Crippen molar-refractivity contribution >= 4 is 38.9 Å². The summed E-state index contributed by atoms with van der Waals surface area (Å²) in [6.07, 6.45) is 0. The van der Waals surface area contributed by atoms with Gasteiger partial charge in [-0.1, -0.05) is 47.5 Å². The Hall–Kier alpha value is -3.27. The van der Waals surface area contributed by atoms with E-state index in [-0.39, 0.29) is 22.8 Å². The molecule has 1 amide bonds. The number of amides is 1. The Bertz CT molecular complexity index is 1320. The van der Waals surface area contributed by atoms with Crippen LogP contribution in [0.3, 0.4) is 0 Å².